The van der Waals surface area contributed by atoms with Crippen molar-refractivity contribution >= 4 is 12.1 Å². The number of nitrogens with two attached hydrogens (primary N) is 1. The third kappa shape index (κ3) is 7.78. The van der Waals surface area contributed by atoms with E-state index in [0.717, 1.165) is 12.8 Å². The second-order valence-electron chi connectivity index (χ2n) is 6.95. The molecule has 1 aliphatic carbocycles. The van der Waals surface area contributed by atoms with Crippen LogP contribution in [0, 0.1) is 5.92 Å². The molecular weight excluding hydrogens is 268 g/mol. The summed E-state index contributed by atoms with van der Waals surface area (Å²) in [6, 6.07) is 0.315. The zero-order valence-electron chi connectivity index (χ0n) is 14.0. The van der Waals surface area contributed by atoms with E-state index in [1.54, 1.807) is 4.90 Å². The van der Waals surface area contributed by atoms with Crippen molar-refractivity contribution in [1.29, 1.82) is 0 Å². The number of aliphatic imine (C=N–C) groups is 1. The Morgan fingerprint density at radius 3 is 2.52 bits per heavy atom. The van der Waals surface area contributed by atoms with Crippen molar-refractivity contribution in [1.82, 2.24) is 10.2 Å². The zero-order chi connectivity index (χ0) is 16.0. The highest BCUT2D eigenvalue weighted by molar-refractivity contribution is 5.77. The Kier molecular flexibility index (Phi) is 6.30. The summed E-state index contributed by atoms with van der Waals surface area (Å²) < 4.78 is 5.44. The first-order valence-corrected chi connectivity index (χ1v) is 7.72. The first kappa shape index (κ1) is 17.6. The molecule has 1 rings (SSSR count). The van der Waals surface area contributed by atoms with Crippen LogP contribution < -0.4 is 11.1 Å². The molecule has 0 aliphatic heterocycles. The molecule has 0 aromatic heterocycles. The van der Waals surface area contributed by atoms with Crippen LogP contribution in [-0.4, -0.2) is 48.2 Å². The molecule has 0 atom stereocenters. The van der Waals surface area contributed by atoms with Gasteiger partial charge in [-0.1, -0.05) is 13.8 Å². The molecule has 0 radical (unpaired) electrons. The molecule has 1 saturated carbocycles. The molecule has 0 heterocycles. The molecule has 0 unspecified atom stereocenters. The first-order chi connectivity index (χ1) is 9.69. The fourth-order valence-corrected chi connectivity index (χ4v) is 1.77. The zero-order valence-corrected chi connectivity index (χ0v) is 14.0. The number of carbonyl (C=O) groups excluding carboxylic acids is 1. The van der Waals surface area contributed by atoms with Gasteiger partial charge in [-0.3, -0.25) is 4.99 Å². The second kappa shape index (κ2) is 7.52. The number of guanidine groups is 1. The number of rotatable bonds is 6. The largest absolute Gasteiger partial charge is 0.444 e. The van der Waals surface area contributed by atoms with Crippen LogP contribution in [0.3, 0.4) is 0 Å². The third-order valence-corrected chi connectivity index (χ3v) is 2.90. The Bertz CT molecular complexity index is 370. The van der Waals surface area contributed by atoms with E-state index in [-0.39, 0.29) is 6.09 Å². The van der Waals surface area contributed by atoms with Gasteiger partial charge in [-0.25, -0.2) is 4.79 Å². The third-order valence-electron chi connectivity index (χ3n) is 2.90. The fraction of sp³-hybridized carbons (Fsp3) is 0.867. The van der Waals surface area contributed by atoms with Crippen molar-refractivity contribution in [2.24, 2.45) is 16.6 Å². The number of ether oxygens (including phenoxy) is 1. The number of hydrogen-bond donors (Lipinski definition) is 2. The van der Waals surface area contributed by atoms with Gasteiger partial charge in [-0.05, 0) is 39.5 Å². The van der Waals surface area contributed by atoms with Gasteiger partial charge < -0.3 is 20.7 Å². The Hall–Kier alpha value is -1.46. The number of nitrogens with one attached hydrogen (secondary N) is 1. The van der Waals surface area contributed by atoms with Crippen molar-refractivity contribution in [2.45, 2.75) is 59.1 Å². The lowest BCUT2D eigenvalue weighted by Gasteiger charge is -2.27. The van der Waals surface area contributed by atoms with E-state index in [9.17, 15) is 4.79 Å². The fourth-order valence-electron chi connectivity index (χ4n) is 1.77. The van der Waals surface area contributed by atoms with Crippen molar-refractivity contribution in [2.75, 3.05) is 19.6 Å². The summed E-state index contributed by atoms with van der Waals surface area (Å²) in [6.07, 6.45) is 1.86. The molecule has 1 fully saturated rings. The van der Waals surface area contributed by atoms with Crippen molar-refractivity contribution in [3.63, 3.8) is 0 Å². The minimum absolute atomic E-state index is 0.246. The van der Waals surface area contributed by atoms with E-state index in [1.807, 2.05) is 20.8 Å². The smallest absolute Gasteiger partial charge is 0.410 e. The highest BCUT2D eigenvalue weighted by Gasteiger charge is 2.34. The molecule has 0 spiro atoms. The summed E-state index contributed by atoms with van der Waals surface area (Å²) >= 11 is 0. The van der Waals surface area contributed by atoms with Gasteiger partial charge >= 0.3 is 6.09 Å². The molecule has 122 valence electrons. The average Bonchev–Trinajstić information content (AvgIpc) is 3.13. The van der Waals surface area contributed by atoms with Crippen LogP contribution in [-0.2, 0) is 4.74 Å². The molecule has 1 aliphatic rings. The Morgan fingerprint density at radius 1 is 1.43 bits per heavy atom. The first-order valence-electron chi connectivity index (χ1n) is 7.72. The van der Waals surface area contributed by atoms with Gasteiger partial charge in [0.15, 0.2) is 5.96 Å². The maximum atomic E-state index is 12.1. The van der Waals surface area contributed by atoms with Crippen LogP contribution in [0.15, 0.2) is 4.99 Å². The van der Waals surface area contributed by atoms with Crippen molar-refractivity contribution in [3.8, 4) is 0 Å². The number of amides is 1. The van der Waals surface area contributed by atoms with Gasteiger partial charge in [0.05, 0.1) is 0 Å². The lowest BCUT2D eigenvalue weighted by atomic mass is 10.2. The van der Waals surface area contributed by atoms with Crippen LogP contribution in [0.2, 0.25) is 0 Å². The average molecular weight is 298 g/mol. The number of nitrogens with zero attached hydrogens (tertiary/aromatic N) is 2. The summed E-state index contributed by atoms with van der Waals surface area (Å²) in [6.45, 7) is 11.7. The van der Waals surface area contributed by atoms with Crippen molar-refractivity contribution in [3.05, 3.63) is 0 Å². The van der Waals surface area contributed by atoms with Crippen LogP contribution >= 0.6 is 0 Å². The Labute approximate surface area is 128 Å². The summed E-state index contributed by atoms with van der Waals surface area (Å²) in [5.41, 5.74) is 5.32. The Morgan fingerprint density at radius 2 is 2.05 bits per heavy atom. The maximum absolute atomic E-state index is 12.1. The molecule has 3 N–H and O–H groups in total. The molecule has 1 amide bonds. The topological polar surface area (TPSA) is 80.0 Å². The lowest BCUT2D eigenvalue weighted by Crippen LogP contribution is -2.44. The molecule has 0 aromatic carbocycles. The minimum atomic E-state index is -0.463. The molecule has 0 bridgehead atoms. The quantitative estimate of drug-likeness (QED) is 0.580. The van der Waals surface area contributed by atoms with E-state index in [1.165, 1.54) is 0 Å². The Balaban J connectivity index is 2.38. The van der Waals surface area contributed by atoms with Gasteiger partial charge in [0.25, 0.3) is 0 Å². The lowest BCUT2D eigenvalue weighted by molar-refractivity contribution is 0.0238. The number of hydrogen-bond acceptors (Lipinski definition) is 3. The molecule has 21 heavy (non-hydrogen) atoms. The number of carbonyl (C=O) groups is 1. The van der Waals surface area contributed by atoms with E-state index in [4.69, 9.17) is 10.5 Å². The van der Waals surface area contributed by atoms with Gasteiger partial charge in [0.1, 0.15) is 5.60 Å². The normalized spacial score (nSPS) is 16.0. The highest BCUT2D eigenvalue weighted by Crippen LogP contribution is 2.27. The van der Waals surface area contributed by atoms with E-state index in [2.05, 4.69) is 24.2 Å². The molecule has 6 heteroatoms. The van der Waals surface area contributed by atoms with E-state index >= 15 is 0 Å². The predicted molar refractivity (Wildman–Crippen MR) is 85.3 cm³/mol. The monoisotopic (exact) mass is 298 g/mol. The van der Waals surface area contributed by atoms with Crippen LogP contribution in [0.1, 0.15) is 47.5 Å². The summed E-state index contributed by atoms with van der Waals surface area (Å²) in [5.74, 6) is 0.915. The minimum Gasteiger partial charge on any atom is -0.444 e. The van der Waals surface area contributed by atoms with Gasteiger partial charge in [0.2, 0.25) is 0 Å². The second-order valence-corrected chi connectivity index (χ2v) is 6.95. The summed E-state index contributed by atoms with van der Waals surface area (Å²) in [7, 11) is 0. The molecular formula is C15H30N4O2. The van der Waals surface area contributed by atoms with Gasteiger partial charge in [-0.2, -0.15) is 0 Å². The standard InChI is InChI=1S/C15H30N4O2/c1-11(2)10-18-13(16)17-8-9-19(12-6-7-12)14(20)21-15(3,4)5/h11-12H,6-10H2,1-5H3,(H3,16,17,18). The summed E-state index contributed by atoms with van der Waals surface area (Å²) in [5, 5.41) is 3.05. The SMILES string of the molecule is CC(C)CN=C(N)NCCN(C(=O)OC(C)(C)C)C1CC1. The van der Waals surface area contributed by atoms with Gasteiger partial charge in [-0.15, -0.1) is 0 Å². The maximum Gasteiger partial charge on any atom is 0.410 e. The highest BCUT2D eigenvalue weighted by atomic mass is 16.6. The van der Waals surface area contributed by atoms with Crippen LogP contribution in [0.5, 0.6) is 0 Å². The van der Waals surface area contributed by atoms with E-state index in [0.29, 0.717) is 37.6 Å². The van der Waals surface area contributed by atoms with Crippen LogP contribution in [0.4, 0.5) is 4.79 Å². The van der Waals surface area contributed by atoms with Crippen molar-refractivity contribution < 1.29 is 9.53 Å². The molecule has 6 nitrogen and oxygen atoms in total. The van der Waals surface area contributed by atoms with Crippen LogP contribution in [0.25, 0.3) is 0 Å². The molecule has 0 saturated heterocycles. The predicted octanol–water partition coefficient (Wildman–Crippen LogP) is 1.95. The van der Waals surface area contributed by atoms with Gasteiger partial charge in [0, 0.05) is 25.7 Å². The molecule has 0 aromatic rings. The summed E-state index contributed by atoms with van der Waals surface area (Å²) in [4.78, 5) is 18.2. The van der Waals surface area contributed by atoms with E-state index < -0.39 is 5.60 Å².